The number of aliphatic hydroxyl groups excluding tert-OH is 1. The van der Waals surface area contributed by atoms with Crippen LogP contribution in [0.15, 0.2) is 36.9 Å². The van der Waals surface area contributed by atoms with E-state index in [1.54, 1.807) is 25.7 Å². The Morgan fingerprint density at radius 2 is 1.96 bits per heavy atom. The fourth-order valence-corrected chi connectivity index (χ4v) is 3.02. The van der Waals surface area contributed by atoms with Gasteiger partial charge in [0.2, 0.25) is 5.88 Å². The minimum absolute atomic E-state index is 0.149. The zero-order chi connectivity index (χ0) is 19.5. The van der Waals surface area contributed by atoms with Crippen LogP contribution in [0.2, 0.25) is 0 Å². The molecular weight excluding hydrogens is 358 g/mol. The van der Waals surface area contributed by atoms with E-state index in [0.29, 0.717) is 47.1 Å². The normalized spacial score (nSPS) is 18.0. The maximum absolute atomic E-state index is 9.13. The fourth-order valence-electron chi connectivity index (χ4n) is 3.02. The summed E-state index contributed by atoms with van der Waals surface area (Å²) >= 11 is 0. The van der Waals surface area contributed by atoms with Gasteiger partial charge in [0.1, 0.15) is 11.6 Å². The number of pyridine rings is 1. The van der Waals surface area contributed by atoms with Crippen molar-refractivity contribution in [2.24, 2.45) is 5.92 Å². The molecule has 1 fully saturated rings. The molecule has 1 N–H and O–H groups in total. The standard InChI is InChI=1S/C20H21N5O3/c1-12-21-8-17(19-9-22-14(10-26)6-23-19)20(25-12)28-11-13-5-16(13)18-4-3-15(27-2)7-24-18/h3-4,6-9,13,16,26H,5,10-11H2,1-2H3. The summed E-state index contributed by atoms with van der Waals surface area (Å²) < 4.78 is 11.2. The molecule has 28 heavy (non-hydrogen) atoms. The molecule has 0 saturated heterocycles. The molecule has 1 aliphatic rings. The zero-order valence-corrected chi connectivity index (χ0v) is 15.7. The highest BCUT2D eigenvalue weighted by molar-refractivity contribution is 5.62. The van der Waals surface area contributed by atoms with Gasteiger partial charge < -0.3 is 14.6 Å². The Bertz CT molecular complexity index is 947. The van der Waals surface area contributed by atoms with E-state index in [1.807, 2.05) is 19.1 Å². The van der Waals surface area contributed by atoms with Gasteiger partial charge in [0.15, 0.2) is 0 Å². The van der Waals surface area contributed by atoms with Crippen LogP contribution >= 0.6 is 0 Å². The van der Waals surface area contributed by atoms with Gasteiger partial charge in [-0.3, -0.25) is 15.0 Å². The minimum Gasteiger partial charge on any atom is -0.495 e. The fraction of sp³-hybridized carbons (Fsp3) is 0.350. The first kappa shape index (κ1) is 18.2. The molecule has 0 radical (unpaired) electrons. The largest absolute Gasteiger partial charge is 0.495 e. The highest BCUT2D eigenvalue weighted by Gasteiger charge is 2.40. The minimum atomic E-state index is -0.149. The van der Waals surface area contributed by atoms with Gasteiger partial charge >= 0.3 is 0 Å². The summed E-state index contributed by atoms with van der Waals surface area (Å²) in [5.74, 6) is 2.66. The second-order valence-electron chi connectivity index (χ2n) is 6.72. The molecule has 1 aliphatic carbocycles. The molecule has 4 rings (SSSR count). The van der Waals surface area contributed by atoms with Crippen LogP contribution in [-0.2, 0) is 6.61 Å². The van der Waals surface area contributed by atoms with Crippen molar-refractivity contribution in [3.8, 4) is 22.9 Å². The number of hydrogen-bond acceptors (Lipinski definition) is 8. The summed E-state index contributed by atoms with van der Waals surface area (Å²) in [5, 5.41) is 9.13. The van der Waals surface area contributed by atoms with E-state index in [1.165, 1.54) is 6.20 Å². The summed E-state index contributed by atoms with van der Waals surface area (Å²) in [6, 6.07) is 3.93. The third-order valence-electron chi connectivity index (χ3n) is 4.75. The number of aromatic nitrogens is 5. The van der Waals surface area contributed by atoms with Crippen molar-refractivity contribution >= 4 is 0 Å². The molecule has 144 valence electrons. The van der Waals surface area contributed by atoms with E-state index >= 15 is 0 Å². The van der Waals surface area contributed by atoms with Crippen molar-refractivity contribution in [1.29, 1.82) is 0 Å². The van der Waals surface area contributed by atoms with Crippen molar-refractivity contribution < 1.29 is 14.6 Å². The Kier molecular flexibility index (Phi) is 5.12. The molecule has 0 spiro atoms. The molecule has 3 heterocycles. The van der Waals surface area contributed by atoms with Crippen molar-refractivity contribution in [2.45, 2.75) is 25.9 Å². The van der Waals surface area contributed by atoms with Crippen molar-refractivity contribution in [3.63, 3.8) is 0 Å². The predicted octanol–water partition coefficient (Wildman–Crippen LogP) is 2.32. The van der Waals surface area contributed by atoms with Crippen LogP contribution in [0.5, 0.6) is 11.6 Å². The Hall–Kier alpha value is -3.13. The molecule has 3 aromatic heterocycles. The molecular formula is C20H21N5O3. The van der Waals surface area contributed by atoms with Crippen molar-refractivity contribution in [2.75, 3.05) is 13.7 Å². The van der Waals surface area contributed by atoms with Gasteiger partial charge in [-0.2, -0.15) is 4.98 Å². The molecule has 2 unspecified atom stereocenters. The molecule has 0 aliphatic heterocycles. The summed E-state index contributed by atoms with van der Waals surface area (Å²) in [6.45, 7) is 2.21. The zero-order valence-electron chi connectivity index (χ0n) is 15.7. The van der Waals surface area contributed by atoms with E-state index in [0.717, 1.165) is 17.9 Å². The maximum Gasteiger partial charge on any atom is 0.226 e. The van der Waals surface area contributed by atoms with Gasteiger partial charge in [0.25, 0.3) is 0 Å². The van der Waals surface area contributed by atoms with Gasteiger partial charge in [0.05, 0.1) is 55.9 Å². The lowest BCUT2D eigenvalue weighted by atomic mass is 10.2. The monoisotopic (exact) mass is 379 g/mol. The average Bonchev–Trinajstić information content (AvgIpc) is 3.52. The summed E-state index contributed by atoms with van der Waals surface area (Å²) in [7, 11) is 1.63. The number of nitrogens with zero attached hydrogens (tertiary/aromatic N) is 5. The first-order valence-electron chi connectivity index (χ1n) is 9.06. The smallest absolute Gasteiger partial charge is 0.226 e. The molecule has 0 amide bonds. The van der Waals surface area contributed by atoms with Gasteiger partial charge in [-0.1, -0.05) is 0 Å². The molecule has 8 heteroatoms. The van der Waals surface area contributed by atoms with Crippen LogP contribution in [0.25, 0.3) is 11.3 Å². The molecule has 3 aromatic rings. The lowest BCUT2D eigenvalue weighted by Crippen LogP contribution is -2.06. The SMILES string of the molecule is COc1ccc(C2CC2COc2nc(C)ncc2-c2cnc(CO)cn2)nc1. The summed E-state index contributed by atoms with van der Waals surface area (Å²) in [6.07, 6.45) is 7.59. The molecule has 2 atom stereocenters. The van der Waals surface area contributed by atoms with Gasteiger partial charge in [-0.25, -0.2) is 4.98 Å². The number of ether oxygens (including phenoxy) is 2. The molecule has 0 aromatic carbocycles. The predicted molar refractivity (Wildman–Crippen MR) is 101 cm³/mol. The van der Waals surface area contributed by atoms with Crippen LogP contribution in [0.1, 0.15) is 29.6 Å². The lowest BCUT2D eigenvalue weighted by Gasteiger charge is -2.10. The highest BCUT2D eigenvalue weighted by Crippen LogP contribution is 2.47. The van der Waals surface area contributed by atoms with E-state index in [9.17, 15) is 0 Å². The second kappa shape index (κ2) is 7.85. The number of methoxy groups -OCH3 is 1. The Balaban J connectivity index is 1.45. The molecule has 0 bridgehead atoms. The first-order chi connectivity index (χ1) is 13.7. The lowest BCUT2D eigenvalue weighted by molar-refractivity contribution is 0.276. The summed E-state index contributed by atoms with van der Waals surface area (Å²) in [5.41, 5.74) is 2.85. The Morgan fingerprint density at radius 3 is 2.64 bits per heavy atom. The van der Waals surface area contributed by atoms with Crippen LogP contribution in [-0.4, -0.2) is 43.7 Å². The third kappa shape index (κ3) is 3.91. The molecule has 8 nitrogen and oxygen atoms in total. The third-order valence-corrected chi connectivity index (χ3v) is 4.75. The van der Waals surface area contributed by atoms with Crippen molar-refractivity contribution in [3.05, 3.63) is 54.1 Å². The molecule has 1 saturated carbocycles. The number of aliphatic hydroxyl groups is 1. The van der Waals surface area contributed by atoms with Gasteiger partial charge in [-0.15, -0.1) is 0 Å². The quantitative estimate of drug-likeness (QED) is 0.667. The van der Waals surface area contributed by atoms with E-state index in [4.69, 9.17) is 14.6 Å². The average molecular weight is 379 g/mol. The van der Waals surface area contributed by atoms with E-state index in [-0.39, 0.29) is 6.61 Å². The second-order valence-corrected chi connectivity index (χ2v) is 6.72. The topological polar surface area (TPSA) is 103 Å². The van der Waals surface area contributed by atoms with Crippen molar-refractivity contribution in [1.82, 2.24) is 24.9 Å². The van der Waals surface area contributed by atoms with Gasteiger partial charge in [0, 0.05) is 23.7 Å². The summed E-state index contributed by atoms with van der Waals surface area (Å²) in [4.78, 5) is 21.6. The van der Waals surface area contributed by atoms with Gasteiger partial charge in [-0.05, 0) is 25.5 Å². The highest BCUT2D eigenvalue weighted by atomic mass is 16.5. The van der Waals surface area contributed by atoms with Crippen LogP contribution in [0, 0.1) is 12.8 Å². The Labute approximate surface area is 162 Å². The number of hydrogen-bond donors (Lipinski definition) is 1. The van der Waals surface area contributed by atoms with E-state index in [2.05, 4.69) is 24.9 Å². The maximum atomic E-state index is 9.13. The van der Waals surface area contributed by atoms with Crippen LogP contribution < -0.4 is 9.47 Å². The van der Waals surface area contributed by atoms with E-state index < -0.39 is 0 Å². The first-order valence-corrected chi connectivity index (χ1v) is 9.06. The number of rotatable bonds is 7. The van der Waals surface area contributed by atoms with Crippen LogP contribution in [0.4, 0.5) is 0 Å². The number of aryl methyl sites for hydroxylation is 1. The van der Waals surface area contributed by atoms with Crippen LogP contribution in [0.3, 0.4) is 0 Å². The Morgan fingerprint density at radius 1 is 1.07 bits per heavy atom.